The predicted octanol–water partition coefficient (Wildman–Crippen LogP) is 3.50. The Morgan fingerprint density at radius 3 is 2.52 bits per heavy atom. The standard InChI is InChI=1S/C28H34F3N3O6/c1-19(2)34(24(36)12-17-38-16-11-20-6-4-3-5-7-20)15-14-32-13-10-21-8-9-22(40-27(37)28(29,30)31)25-26(21)39-18-23(35)33-25/h3-9,19,32H,10-18H2,1-2H3,(H,33,35). The molecule has 3 rings (SSSR count). The Morgan fingerprint density at radius 2 is 1.82 bits per heavy atom. The van der Waals surface area contributed by atoms with E-state index in [1.54, 1.807) is 4.90 Å². The van der Waals surface area contributed by atoms with E-state index in [-0.39, 0.29) is 36.4 Å². The summed E-state index contributed by atoms with van der Waals surface area (Å²) in [5.74, 6) is -3.27. The zero-order chi connectivity index (χ0) is 29.1. The van der Waals surface area contributed by atoms with Gasteiger partial charge in [-0.1, -0.05) is 36.4 Å². The quantitative estimate of drug-likeness (QED) is 0.205. The number of hydrogen-bond acceptors (Lipinski definition) is 7. The number of esters is 1. The van der Waals surface area contributed by atoms with Crippen molar-refractivity contribution in [2.75, 3.05) is 44.8 Å². The van der Waals surface area contributed by atoms with Crippen LogP contribution in [0.1, 0.15) is 31.4 Å². The highest BCUT2D eigenvalue weighted by molar-refractivity contribution is 5.98. The van der Waals surface area contributed by atoms with E-state index in [1.807, 2.05) is 44.2 Å². The summed E-state index contributed by atoms with van der Waals surface area (Å²) in [7, 11) is 0. The number of rotatable bonds is 14. The largest absolute Gasteiger partial charge is 0.491 e. The molecule has 0 unspecified atom stereocenters. The average Bonchev–Trinajstić information content (AvgIpc) is 2.91. The minimum Gasteiger partial charge on any atom is -0.481 e. The van der Waals surface area contributed by atoms with Crippen molar-refractivity contribution in [1.29, 1.82) is 0 Å². The SMILES string of the molecule is CC(C)N(CCNCCc1ccc(OC(=O)C(F)(F)F)c2c1OCC(=O)N2)C(=O)CCOCCc1ccccc1. The van der Waals surface area contributed by atoms with Gasteiger partial charge in [0.25, 0.3) is 5.91 Å². The second kappa shape index (κ2) is 14.7. The molecule has 2 N–H and O–H groups in total. The zero-order valence-electron chi connectivity index (χ0n) is 22.5. The molecule has 2 aromatic rings. The van der Waals surface area contributed by atoms with Gasteiger partial charge in [-0.15, -0.1) is 0 Å². The average molecular weight is 566 g/mol. The highest BCUT2D eigenvalue weighted by Crippen LogP contribution is 2.40. The summed E-state index contributed by atoms with van der Waals surface area (Å²) in [6.07, 6.45) is -3.70. The minimum atomic E-state index is -5.18. The molecule has 40 heavy (non-hydrogen) atoms. The van der Waals surface area contributed by atoms with Gasteiger partial charge in [0.05, 0.1) is 19.6 Å². The van der Waals surface area contributed by atoms with Crippen molar-refractivity contribution in [2.24, 2.45) is 0 Å². The Balaban J connectivity index is 1.45. The molecule has 2 aromatic carbocycles. The second-order valence-electron chi connectivity index (χ2n) is 9.43. The highest BCUT2D eigenvalue weighted by Gasteiger charge is 2.42. The van der Waals surface area contributed by atoms with Crippen LogP contribution in [0.25, 0.3) is 0 Å². The minimum absolute atomic E-state index is 0.00119. The van der Waals surface area contributed by atoms with Crippen LogP contribution in [0.2, 0.25) is 0 Å². The summed E-state index contributed by atoms with van der Waals surface area (Å²) in [5, 5.41) is 5.67. The van der Waals surface area contributed by atoms with E-state index in [9.17, 15) is 27.6 Å². The monoisotopic (exact) mass is 565 g/mol. The first-order chi connectivity index (χ1) is 19.1. The predicted molar refractivity (Wildman–Crippen MR) is 141 cm³/mol. The molecular weight excluding hydrogens is 531 g/mol. The highest BCUT2D eigenvalue weighted by atomic mass is 19.4. The molecule has 9 nitrogen and oxygen atoms in total. The van der Waals surface area contributed by atoms with Crippen LogP contribution >= 0.6 is 0 Å². The molecule has 1 heterocycles. The Kier molecular flexibility index (Phi) is 11.3. The van der Waals surface area contributed by atoms with Crippen molar-refractivity contribution < 1.29 is 41.8 Å². The van der Waals surface area contributed by atoms with Crippen molar-refractivity contribution >= 4 is 23.5 Å². The zero-order valence-corrected chi connectivity index (χ0v) is 22.5. The van der Waals surface area contributed by atoms with Gasteiger partial charge in [0, 0.05) is 19.1 Å². The number of halogens is 3. The van der Waals surface area contributed by atoms with Crippen molar-refractivity contribution in [3.8, 4) is 11.5 Å². The maximum absolute atomic E-state index is 12.7. The summed E-state index contributed by atoms with van der Waals surface area (Å²) >= 11 is 0. The lowest BCUT2D eigenvalue weighted by atomic mass is 10.1. The lowest BCUT2D eigenvalue weighted by Gasteiger charge is -2.27. The van der Waals surface area contributed by atoms with Crippen LogP contribution < -0.4 is 20.1 Å². The van der Waals surface area contributed by atoms with E-state index >= 15 is 0 Å². The van der Waals surface area contributed by atoms with Gasteiger partial charge in [0.2, 0.25) is 5.91 Å². The van der Waals surface area contributed by atoms with Crippen LogP contribution in [0, 0.1) is 0 Å². The van der Waals surface area contributed by atoms with Gasteiger partial charge in [-0.25, -0.2) is 4.79 Å². The number of hydrogen-bond donors (Lipinski definition) is 2. The smallest absolute Gasteiger partial charge is 0.481 e. The molecule has 0 aromatic heterocycles. The van der Waals surface area contributed by atoms with Crippen molar-refractivity contribution in [1.82, 2.24) is 10.2 Å². The van der Waals surface area contributed by atoms with E-state index in [1.165, 1.54) is 17.7 Å². The molecule has 0 bridgehead atoms. The van der Waals surface area contributed by atoms with Gasteiger partial charge < -0.3 is 29.7 Å². The molecular formula is C28H34F3N3O6. The van der Waals surface area contributed by atoms with E-state index in [2.05, 4.69) is 15.4 Å². The van der Waals surface area contributed by atoms with Crippen LogP contribution in [0.4, 0.5) is 18.9 Å². The normalized spacial score (nSPS) is 12.9. The lowest BCUT2D eigenvalue weighted by Crippen LogP contribution is -2.42. The summed E-state index contributed by atoms with van der Waals surface area (Å²) in [5.41, 5.74) is 1.68. The Labute approximate surface area is 231 Å². The first-order valence-electron chi connectivity index (χ1n) is 13.1. The van der Waals surface area contributed by atoms with Crippen LogP contribution in [0.3, 0.4) is 0 Å². The molecule has 0 spiro atoms. The van der Waals surface area contributed by atoms with Gasteiger partial charge in [-0.3, -0.25) is 9.59 Å². The molecule has 218 valence electrons. The van der Waals surface area contributed by atoms with E-state index in [0.29, 0.717) is 44.8 Å². The van der Waals surface area contributed by atoms with Crippen LogP contribution in [-0.2, 0) is 32.0 Å². The van der Waals surface area contributed by atoms with Gasteiger partial charge >= 0.3 is 12.1 Å². The number of nitrogens with one attached hydrogen (secondary N) is 2. The third-order valence-corrected chi connectivity index (χ3v) is 6.13. The maximum Gasteiger partial charge on any atom is 0.491 e. The molecule has 0 saturated carbocycles. The third kappa shape index (κ3) is 9.23. The number of anilines is 1. The van der Waals surface area contributed by atoms with Crippen LogP contribution in [-0.4, -0.2) is 74.4 Å². The van der Waals surface area contributed by atoms with E-state index in [0.717, 1.165) is 6.42 Å². The van der Waals surface area contributed by atoms with Crippen molar-refractivity contribution in [3.05, 3.63) is 53.6 Å². The Morgan fingerprint density at radius 1 is 1.07 bits per heavy atom. The molecule has 12 heteroatoms. The van der Waals surface area contributed by atoms with Crippen molar-refractivity contribution in [3.63, 3.8) is 0 Å². The molecule has 1 aliphatic rings. The topological polar surface area (TPSA) is 106 Å². The Bertz CT molecular complexity index is 1160. The number of ether oxygens (including phenoxy) is 3. The molecule has 0 fully saturated rings. The number of fused-ring (bicyclic) bond motifs is 1. The van der Waals surface area contributed by atoms with Gasteiger partial charge in [0.1, 0.15) is 5.69 Å². The first kappa shape index (κ1) is 30.9. The van der Waals surface area contributed by atoms with E-state index < -0.39 is 23.8 Å². The summed E-state index contributed by atoms with van der Waals surface area (Å²) < 4.78 is 53.4. The number of benzene rings is 2. The summed E-state index contributed by atoms with van der Waals surface area (Å²) in [6, 6.07) is 12.7. The third-order valence-electron chi connectivity index (χ3n) is 6.13. The van der Waals surface area contributed by atoms with Gasteiger partial charge in [-0.05, 0) is 50.4 Å². The molecule has 0 radical (unpaired) electrons. The van der Waals surface area contributed by atoms with Crippen LogP contribution in [0.5, 0.6) is 11.5 Å². The van der Waals surface area contributed by atoms with E-state index in [4.69, 9.17) is 9.47 Å². The maximum atomic E-state index is 12.7. The summed E-state index contributed by atoms with van der Waals surface area (Å²) in [4.78, 5) is 37.5. The molecule has 1 aliphatic heterocycles. The fourth-order valence-electron chi connectivity index (χ4n) is 4.10. The fraction of sp³-hybridized carbons (Fsp3) is 0.464. The van der Waals surface area contributed by atoms with Gasteiger partial charge in [-0.2, -0.15) is 13.2 Å². The molecule has 0 aliphatic carbocycles. The molecule has 0 saturated heterocycles. The second-order valence-corrected chi connectivity index (χ2v) is 9.43. The lowest BCUT2D eigenvalue weighted by molar-refractivity contribution is -0.189. The van der Waals surface area contributed by atoms with Crippen molar-refractivity contribution in [2.45, 2.75) is 45.3 Å². The van der Waals surface area contributed by atoms with Crippen LogP contribution in [0.15, 0.2) is 42.5 Å². The fourth-order valence-corrected chi connectivity index (χ4v) is 4.10. The number of carbonyl (C=O) groups excluding carboxylic acids is 3. The molecule has 0 atom stereocenters. The number of amides is 2. The molecule has 2 amide bonds. The number of alkyl halides is 3. The summed E-state index contributed by atoms with van der Waals surface area (Å²) in [6.45, 7) is 5.93. The number of nitrogens with zero attached hydrogens (tertiary/aromatic N) is 1. The Hall–Kier alpha value is -3.64. The van der Waals surface area contributed by atoms with Gasteiger partial charge in [0.15, 0.2) is 18.1 Å². The number of carbonyl (C=O) groups is 3. The first-order valence-corrected chi connectivity index (χ1v) is 13.1.